The summed E-state index contributed by atoms with van der Waals surface area (Å²) in [5, 5.41) is 10.2. The molecule has 0 heterocycles. The first-order chi connectivity index (χ1) is 4.16. The lowest BCUT2D eigenvalue weighted by Gasteiger charge is -1.92. The number of carboxylic acid groups (broad SMARTS) is 1. The van der Waals surface area contributed by atoms with Gasteiger partial charge in [0.15, 0.2) is 0 Å². The molecule has 1 N–H and O–H groups in total. The summed E-state index contributed by atoms with van der Waals surface area (Å²) in [5.74, 6) is -1.11. The molecule has 0 aliphatic heterocycles. The maximum Gasteiger partial charge on any atom is 0.332 e. The summed E-state index contributed by atoms with van der Waals surface area (Å²) in [6.45, 7) is 3.19. The predicted octanol–water partition coefficient (Wildman–Crippen LogP) is 0.477. The molecule has 0 spiro atoms. The first-order valence-electron chi connectivity index (χ1n) is 2.10. The smallest absolute Gasteiger partial charge is 0.332 e. The second-order valence-electron chi connectivity index (χ2n) is 1.14. The van der Waals surface area contributed by atoms with Gasteiger partial charge in [0.1, 0.15) is 10.8 Å². The van der Waals surface area contributed by atoms with E-state index >= 15 is 0 Å². The fourth-order valence-electron chi connectivity index (χ4n) is 0.181. The van der Waals surface area contributed by atoms with Gasteiger partial charge in [-0.1, -0.05) is 6.58 Å². The highest BCUT2D eigenvalue weighted by Gasteiger charge is 1.92. The van der Waals surface area contributed by atoms with Crippen molar-refractivity contribution in [3.63, 3.8) is 0 Å². The van der Waals surface area contributed by atoms with Crippen LogP contribution in [0.25, 0.3) is 0 Å². The van der Waals surface area contributed by atoms with Gasteiger partial charge < -0.3 is 9.66 Å². The van der Waals surface area contributed by atoms with Crippen LogP contribution in [-0.4, -0.2) is 15.6 Å². The van der Waals surface area contributed by atoms with Gasteiger partial charge in [-0.05, 0) is 0 Å². The monoisotopic (exact) mass is 146 g/mol. The van der Waals surface area contributed by atoms with Crippen LogP contribution >= 0.6 is 0 Å². The van der Waals surface area contributed by atoms with Gasteiger partial charge in [-0.3, -0.25) is 0 Å². The number of hydrogen-bond donors (Lipinski definition) is 1. The van der Waals surface area contributed by atoms with Crippen molar-refractivity contribution in [2.75, 3.05) is 0 Å². The second kappa shape index (κ2) is 4.17. The van der Waals surface area contributed by atoms with Crippen molar-refractivity contribution < 1.29 is 14.5 Å². The van der Waals surface area contributed by atoms with Gasteiger partial charge >= 0.3 is 5.97 Å². The second-order valence-corrected chi connectivity index (χ2v) is 2.40. The van der Waals surface area contributed by atoms with Gasteiger partial charge in [0.2, 0.25) is 0 Å². The largest absolute Gasteiger partial charge is 0.607 e. The molecule has 1 atom stereocenters. The van der Waals surface area contributed by atoms with E-state index in [1.807, 2.05) is 0 Å². The molecule has 0 aromatic heterocycles. The number of carbonyl (C=O) groups is 1. The van der Waals surface area contributed by atoms with Crippen LogP contribution < -0.4 is 0 Å². The van der Waals surface area contributed by atoms with E-state index in [1.165, 1.54) is 0 Å². The minimum Gasteiger partial charge on any atom is -0.607 e. The van der Waals surface area contributed by atoms with Gasteiger partial charge in [0.25, 0.3) is 0 Å². The summed E-state index contributed by atoms with van der Waals surface area (Å²) in [5.41, 5.74) is 0. The molecule has 0 aliphatic rings. The molecule has 0 aliphatic carbocycles. The Morgan fingerprint density at radius 2 is 2.33 bits per heavy atom. The van der Waals surface area contributed by atoms with E-state index in [4.69, 9.17) is 5.11 Å². The molecular weight excluding hydrogens is 140 g/mol. The first-order valence-corrected chi connectivity index (χ1v) is 3.37. The lowest BCUT2D eigenvalue weighted by atomic mass is 10.7. The average molecular weight is 146 g/mol. The summed E-state index contributed by atoms with van der Waals surface area (Å²) < 4.78 is 10.4. The third-order valence-electron chi connectivity index (χ3n) is 0.509. The number of carboxylic acids is 1. The van der Waals surface area contributed by atoms with Gasteiger partial charge in [-0.25, -0.2) is 4.79 Å². The van der Waals surface area contributed by atoms with Crippen molar-refractivity contribution in [3.8, 4) is 0 Å². The SMILES string of the molecule is C=C[S+]([O-])C=CC(=O)O. The highest BCUT2D eigenvalue weighted by Crippen LogP contribution is 1.91. The van der Waals surface area contributed by atoms with E-state index in [2.05, 4.69) is 6.58 Å². The molecule has 1 unspecified atom stereocenters. The van der Waals surface area contributed by atoms with E-state index in [9.17, 15) is 9.35 Å². The van der Waals surface area contributed by atoms with E-state index in [0.29, 0.717) is 0 Å². The van der Waals surface area contributed by atoms with E-state index in [-0.39, 0.29) is 0 Å². The average Bonchev–Trinajstić information content (AvgIpc) is 1.83. The standard InChI is InChI=1S/C5H6O3S/c1-2-9(8)4-3-5(6)7/h2-4H,1H2,(H,6,7). The zero-order valence-corrected chi connectivity index (χ0v) is 5.43. The first kappa shape index (κ1) is 8.26. The summed E-state index contributed by atoms with van der Waals surface area (Å²) in [6, 6.07) is 0. The number of aliphatic carboxylic acids is 1. The fourth-order valence-corrected chi connectivity index (χ4v) is 0.542. The molecule has 0 aromatic carbocycles. The zero-order chi connectivity index (χ0) is 7.28. The van der Waals surface area contributed by atoms with Crippen molar-refractivity contribution in [3.05, 3.63) is 23.5 Å². The maximum atomic E-state index is 10.4. The van der Waals surface area contributed by atoms with Crippen molar-refractivity contribution >= 4 is 17.1 Å². The molecule has 0 bridgehead atoms. The third-order valence-corrected chi connectivity index (χ3v) is 1.24. The molecule has 3 nitrogen and oxygen atoms in total. The van der Waals surface area contributed by atoms with Crippen molar-refractivity contribution in [1.82, 2.24) is 0 Å². The Labute approximate surface area is 55.9 Å². The summed E-state index contributed by atoms with van der Waals surface area (Å²) in [7, 11) is 0. The molecule has 0 aromatic rings. The minimum atomic E-state index is -1.35. The lowest BCUT2D eigenvalue weighted by molar-refractivity contribution is -0.131. The molecule has 0 saturated carbocycles. The molecule has 0 amide bonds. The van der Waals surface area contributed by atoms with Crippen LogP contribution in [0, 0.1) is 0 Å². The fraction of sp³-hybridized carbons (Fsp3) is 0. The Morgan fingerprint density at radius 1 is 1.78 bits per heavy atom. The molecule has 0 rings (SSSR count). The highest BCUT2D eigenvalue weighted by molar-refractivity contribution is 7.97. The van der Waals surface area contributed by atoms with Gasteiger partial charge in [0, 0.05) is 11.2 Å². The summed E-state index contributed by atoms with van der Waals surface area (Å²) in [4.78, 5) is 9.76. The highest BCUT2D eigenvalue weighted by atomic mass is 32.2. The predicted molar refractivity (Wildman–Crippen MR) is 35.1 cm³/mol. The Bertz CT molecular complexity index is 141. The molecule has 50 valence electrons. The van der Waals surface area contributed by atoms with Crippen LogP contribution in [0.15, 0.2) is 23.5 Å². The lowest BCUT2D eigenvalue weighted by Crippen LogP contribution is -1.91. The molecular formula is C5H6O3S. The summed E-state index contributed by atoms with van der Waals surface area (Å²) >= 11 is -1.35. The van der Waals surface area contributed by atoms with Gasteiger partial charge in [-0.2, -0.15) is 0 Å². The van der Waals surface area contributed by atoms with Crippen molar-refractivity contribution in [2.45, 2.75) is 0 Å². The van der Waals surface area contributed by atoms with Crippen molar-refractivity contribution in [1.29, 1.82) is 0 Å². The van der Waals surface area contributed by atoms with Crippen LogP contribution in [-0.2, 0) is 16.0 Å². The van der Waals surface area contributed by atoms with E-state index < -0.39 is 17.1 Å². The van der Waals surface area contributed by atoms with Crippen LogP contribution in [0.4, 0.5) is 0 Å². The Morgan fingerprint density at radius 3 is 2.67 bits per heavy atom. The molecule has 0 fully saturated rings. The maximum absolute atomic E-state index is 10.4. The number of hydrogen-bond acceptors (Lipinski definition) is 2. The molecule has 9 heavy (non-hydrogen) atoms. The number of rotatable bonds is 3. The Kier molecular flexibility index (Phi) is 3.83. The topological polar surface area (TPSA) is 60.4 Å². The van der Waals surface area contributed by atoms with Crippen molar-refractivity contribution in [2.24, 2.45) is 0 Å². The molecule has 4 heteroatoms. The van der Waals surface area contributed by atoms with Crippen LogP contribution in [0.2, 0.25) is 0 Å². The normalized spacial score (nSPS) is 13.4. The van der Waals surface area contributed by atoms with Gasteiger partial charge in [-0.15, -0.1) is 0 Å². The minimum absolute atomic E-state index is 0.817. The van der Waals surface area contributed by atoms with E-state index in [0.717, 1.165) is 16.9 Å². The quantitative estimate of drug-likeness (QED) is 0.465. The molecule has 0 saturated heterocycles. The zero-order valence-electron chi connectivity index (χ0n) is 4.61. The van der Waals surface area contributed by atoms with E-state index in [1.54, 1.807) is 0 Å². The third kappa shape index (κ3) is 5.13. The summed E-state index contributed by atoms with van der Waals surface area (Å²) in [6.07, 6.45) is 0.817. The molecule has 0 radical (unpaired) electrons. The van der Waals surface area contributed by atoms with Crippen LogP contribution in [0.5, 0.6) is 0 Å². The Balaban J connectivity index is 3.69. The van der Waals surface area contributed by atoms with Gasteiger partial charge in [0.05, 0.1) is 6.08 Å². The Hall–Kier alpha value is -0.740. The van der Waals surface area contributed by atoms with Crippen LogP contribution in [0.1, 0.15) is 0 Å². The van der Waals surface area contributed by atoms with Crippen LogP contribution in [0.3, 0.4) is 0 Å².